The number of hydrogen-bond acceptors (Lipinski definition) is 4. The van der Waals surface area contributed by atoms with E-state index in [0.717, 1.165) is 25.2 Å². The zero-order chi connectivity index (χ0) is 13.0. The van der Waals surface area contributed by atoms with Crippen LogP contribution in [0.15, 0.2) is 18.2 Å². The van der Waals surface area contributed by atoms with Crippen LogP contribution in [0.2, 0.25) is 0 Å². The summed E-state index contributed by atoms with van der Waals surface area (Å²) < 4.78 is 0. The van der Waals surface area contributed by atoms with E-state index >= 15 is 0 Å². The van der Waals surface area contributed by atoms with Crippen LogP contribution in [0.1, 0.15) is 24.8 Å². The third-order valence-corrected chi connectivity index (χ3v) is 3.44. The van der Waals surface area contributed by atoms with Gasteiger partial charge in [0.15, 0.2) is 11.5 Å². The molecule has 18 heavy (non-hydrogen) atoms. The Morgan fingerprint density at radius 2 is 2.11 bits per heavy atom. The van der Waals surface area contributed by atoms with Crippen molar-refractivity contribution in [2.45, 2.75) is 31.8 Å². The zero-order valence-electron chi connectivity index (χ0n) is 10.9. The number of aromatic hydroxyl groups is 2. The Bertz CT molecular complexity index is 389. The van der Waals surface area contributed by atoms with E-state index in [4.69, 9.17) is 0 Å². The molecule has 0 aromatic heterocycles. The summed E-state index contributed by atoms with van der Waals surface area (Å²) in [7, 11) is 2.08. The summed E-state index contributed by atoms with van der Waals surface area (Å²) >= 11 is 0. The lowest BCUT2D eigenvalue weighted by atomic mass is 10.0. The molecule has 3 N–H and O–H groups in total. The molecule has 1 aliphatic rings. The molecule has 1 aromatic rings. The quantitative estimate of drug-likeness (QED) is 0.712. The van der Waals surface area contributed by atoms with Crippen molar-refractivity contribution in [3.8, 4) is 11.5 Å². The fourth-order valence-corrected chi connectivity index (χ4v) is 2.50. The van der Waals surface area contributed by atoms with Gasteiger partial charge in [0.2, 0.25) is 0 Å². The molecule has 100 valence electrons. The molecule has 0 aliphatic carbocycles. The summed E-state index contributed by atoms with van der Waals surface area (Å²) in [6, 6.07) is 5.59. The maximum Gasteiger partial charge on any atom is 0.157 e. The lowest BCUT2D eigenvalue weighted by Gasteiger charge is -2.28. The lowest BCUT2D eigenvalue weighted by Crippen LogP contribution is -2.42. The third-order valence-electron chi connectivity index (χ3n) is 3.44. The second kappa shape index (κ2) is 6.07. The molecule has 1 saturated heterocycles. The number of piperidine rings is 1. The number of benzene rings is 1. The average Bonchev–Trinajstić information content (AvgIpc) is 2.35. The van der Waals surface area contributed by atoms with E-state index in [1.54, 1.807) is 6.07 Å². The van der Waals surface area contributed by atoms with Crippen LogP contribution in [0, 0.1) is 0 Å². The highest BCUT2D eigenvalue weighted by Crippen LogP contribution is 2.25. The molecule has 1 aromatic carbocycles. The van der Waals surface area contributed by atoms with Crippen molar-refractivity contribution in [1.29, 1.82) is 0 Å². The van der Waals surface area contributed by atoms with Crippen molar-refractivity contribution in [1.82, 2.24) is 10.2 Å². The van der Waals surface area contributed by atoms with Gasteiger partial charge in [-0.15, -0.1) is 0 Å². The van der Waals surface area contributed by atoms with Crippen molar-refractivity contribution < 1.29 is 10.2 Å². The second-order valence-electron chi connectivity index (χ2n) is 5.17. The molecule has 4 nitrogen and oxygen atoms in total. The van der Waals surface area contributed by atoms with Gasteiger partial charge in [0, 0.05) is 19.1 Å². The molecular formula is C14H22N2O2. The van der Waals surface area contributed by atoms with Gasteiger partial charge in [-0.3, -0.25) is 0 Å². The number of phenolic OH excluding ortho intramolecular Hbond substituents is 2. The Labute approximate surface area is 108 Å². The van der Waals surface area contributed by atoms with Gasteiger partial charge in [0.05, 0.1) is 0 Å². The van der Waals surface area contributed by atoms with Gasteiger partial charge >= 0.3 is 0 Å². The smallest absolute Gasteiger partial charge is 0.157 e. The minimum Gasteiger partial charge on any atom is -0.504 e. The van der Waals surface area contributed by atoms with Crippen molar-refractivity contribution in [3.05, 3.63) is 23.8 Å². The molecule has 0 amide bonds. The average molecular weight is 250 g/mol. The molecule has 1 unspecified atom stereocenters. The Morgan fingerprint density at radius 1 is 1.28 bits per heavy atom. The van der Waals surface area contributed by atoms with Gasteiger partial charge in [-0.2, -0.15) is 0 Å². The molecule has 0 spiro atoms. The van der Waals surface area contributed by atoms with Gasteiger partial charge < -0.3 is 20.4 Å². The van der Waals surface area contributed by atoms with Crippen LogP contribution in [0.5, 0.6) is 11.5 Å². The molecule has 1 heterocycles. The van der Waals surface area contributed by atoms with Crippen molar-refractivity contribution in [2.75, 3.05) is 20.1 Å². The highest BCUT2D eigenvalue weighted by atomic mass is 16.3. The summed E-state index contributed by atoms with van der Waals surface area (Å²) in [6.45, 7) is 2.92. The summed E-state index contributed by atoms with van der Waals surface area (Å²) in [5.41, 5.74) is 1.02. The van der Waals surface area contributed by atoms with Crippen LogP contribution in [-0.4, -0.2) is 41.3 Å². The van der Waals surface area contributed by atoms with E-state index in [-0.39, 0.29) is 11.5 Å². The molecule has 4 heteroatoms. The lowest BCUT2D eigenvalue weighted by molar-refractivity contribution is 0.256. The van der Waals surface area contributed by atoms with Crippen LogP contribution in [0.25, 0.3) is 0 Å². The van der Waals surface area contributed by atoms with E-state index in [2.05, 4.69) is 17.3 Å². The molecule has 0 saturated carbocycles. The van der Waals surface area contributed by atoms with E-state index < -0.39 is 0 Å². The Morgan fingerprint density at radius 3 is 2.78 bits per heavy atom. The SMILES string of the molecule is CN(Cc1ccc(O)c(O)c1)CC1CCCCN1. The minimum absolute atomic E-state index is 0.0447. The van der Waals surface area contributed by atoms with E-state index in [9.17, 15) is 10.2 Å². The molecule has 1 atom stereocenters. The number of rotatable bonds is 4. The number of nitrogens with zero attached hydrogens (tertiary/aromatic N) is 1. The van der Waals surface area contributed by atoms with Gasteiger partial charge in [-0.05, 0) is 44.1 Å². The van der Waals surface area contributed by atoms with Crippen LogP contribution < -0.4 is 5.32 Å². The largest absolute Gasteiger partial charge is 0.504 e. The van der Waals surface area contributed by atoms with E-state index in [1.165, 1.54) is 25.3 Å². The maximum absolute atomic E-state index is 9.45. The van der Waals surface area contributed by atoms with Crippen LogP contribution >= 0.6 is 0 Å². The maximum atomic E-state index is 9.45. The molecule has 0 bridgehead atoms. The second-order valence-corrected chi connectivity index (χ2v) is 5.17. The minimum atomic E-state index is -0.0599. The molecule has 1 fully saturated rings. The predicted molar refractivity (Wildman–Crippen MR) is 71.7 cm³/mol. The highest BCUT2D eigenvalue weighted by molar-refractivity contribution is 5.40. The Hall–Kier alpha value is -1.26. The van der Waals surface area contributed by atoms with Gasteiger partial charge in [0.1, 0.15) is 0 Å². The van der Waals surface area contributed by atoms with Gasteiger partial charge in [-0.1, -0.05) is 12.5 Å². The van der Waals surface area contributed by atoms with Gasteiger partial charge in [0.25, 0.3) is 0 Å². The Balaban J connectivity index is 1.85. The first kappa shape index (κ1) is 13.2. The fourth-order valence-electron chi connectivity index (χ4n) is 2.50. The monoisotopic (exact) mass is 250 g/mol. The standard InChI is InChI=1S/C14H22N2O2/c1-16(10-12-4-2-3-7-15-12)9-11-5-6-13(17)14(18)8-11/h5-6,8,12,15,17-18H,2-4,7,9-10H2,1H3. The predicted octanol–water partition coefficient (Wildman–Crippen LogP) is 1.67. The molecular weight excluding hydrogens is 228 g/mol. The summed E-state index contributed by atoms with van der Waals surface area (Å²) in [5, 5.41) is 22.2. The Kier molecular flexibility index (Phi) is 4.44. The van der Waals surface area contributed by atoms with Crippen molar-refractivity contribution in [3.63, 3.8) is 0 Å². The number of nitrogens with one attached hydrogen (secondary N) is 1. The van der Waals surface area contributed by atoms with Crippen molar-refractivity contribution in [2.24, 2.45) is 0 Å². The van der Waals surface area contributed by atoms with E-state index in [0.29, 0.717) is 6.04 Å². The normalized spacial score (nSPS) is 20.2. The van der Waals surface area contributed by atoms with Gasteiger partial charge in [-0.25, -0.2) is 0 Å². The fraction of sp³-hybridized carbons (Fsp3) is 0.571. The third kappa shape index (κ3) is 3.62. The number of hydrogen-bond donors (Lipinski definition) is 3. The molecule has 2 rings (SSSR count). The van der Waals surface area contributed by atoms with E-state index in [1.807, 2.05) is 6.07 Å². The zero-order valence-corrected chi connectivity index (χ0v) is 10.9. The van der Waals surface area contributed by atoms with Crippen LogP contribution in [0.4, 0.5) is 0 Å². The summed E-state index contributed by atoms with van der Waals surface area (Å²) in [4.78, 5) is 2.24. The molecule has 0 radical (unpaired) electrons. The first-order chi connectivity index (χ1) is 8.65. The summed E-state index contributed by atoms with van der Waals surface area (Å²) in [6.07, 6.45) is 3.84. The first-order valence-electron chi connectivity index (χ1n) is 6.58. The number of likely N-dealkylation sites (N-methyl/N-ethyl adjacent to an activating group) is 1. The highest BCUT2D eigenvalue weighted by Gasteiger charge is 2.14. The molecule has 1 aliphatic heterocycles. The topological polar surface area (TPSA) is 55.7 Å². The van der Waals surface area contributed by atoms with Crippen LogP contribution in [0.3, 0.4) is 0 Å². The van der Waals surface area contributed by atoms with Crippen LogP contribution in [-0.2, 0) is 6.54 Å². The van der Waals surface area contributed by atoms with Crippen molar-refractivity contribution >= 4 is 0 Å². The number of phenols is 2. The first-order valence-corrected chi connectivity index (χ1v) is 6.58. The summed E-state index contributed by atoms with van der Waals surface area (Å²) in [5.74, 6) is -0.105.